The molecule has 0 aliphatic heterocycles. The third-order valence-corrected chi connectivity index (χ3v) is 4.61. The van der Waals surface area contributed by atoms with E-state index >= 15 is 0 Å². The number of benzene rings is 1. The van der Waals surface area contributed by atoms with Crippen LogP contribution in [0.5, 0.6) is 0 Å². The lowest BCUT2D eigenvalue weighted by atomic mass is 10.1. The summed E-state index contributed by atoms with van der Waals surface area (Å²) in [5, 5.41) is 0.191. The zero-order valence-corrected chi connectivity index (χ0v) is 11.6. The van der Waals surface area contributed by atoms with Gasteiger partial charge in [-0.2, -0.15) is 13.2 Å². The van der Waals surface area contributed by atoms with Gasteiger partial charge in [0.1, 0.15) is 0 Å². The molecule has 20 heavy (non-hydrogen) atoms. The van der Waals surface area contributed by atoms with Crippen LogP contribution in [0.1, 0.15) is 20.9 Å². The topological polar surface area (TPSA) is 56.0 Å². The zero-order chi connectivity index (χ0) is 14.8. The monoisotopic (exact) mass is 318 g/mol. The fourth-order valence-corrected chi connectivity index (χ4v) is 3.20. The highest BCUT2D eigenvalue weighted by atomic mass is 32.2. The Balaban J connectivity index is 2.05. The Kier molecular flexibility index (Phi) is 4.34. The summed E-state index contributed by atoms with van der Waals surface area (Å²) >= 11 is 2.44. The Labute approximate surface area is 121 Å². The fourth-order valence-electron chi connectivity index (χ4n) is 1.43. The van der Waals surface area contributed by atoms with E-state index in [1.807, 2.05) is 0 Å². The third-order valence-electron chi connectivity index (χ3n) is 2.33. The second kappa shape index (κ2) is 5.84. The molecule has 0 aliphatic rings. The van der Waals surface area contributed by atoms with Crippen molar-refractivity contribution in [1.29, 1.82) is 0 Å². The number of carbonyl (C=O) groups is 1. The van der Waals surface area contributed by atoms with Crippen LogP contribution in [0.25, 0.3) is 0 Å². The summed E-state index contributed by atoms with van der Waals surface area (Å²) in [5.41, 5.74) is 4.96. The molecule has 106 valence electrons. The Morgan fingerprint density at radius 2 is 2.15 bits per heavy atom. The first-order valence-electron chi connectivity index (χ1n) is 5.41. The molecule has 3 nitrogen and oxygen atoms in total. The van der Waals surface area contributed by atoms with Crippen molar-refractivity contribution in [3.63, 3.8) is 0 Å². The lowest BCUT2D eigenvalue weighted by molar-refractivity contribution is -0.137. The summed E-state index contributed by atoms with van der Waals surface area (Å²) in [6, 6.07) is 5.15. The first-order valence-corrected chi connectivity index (χ1v) is 7.21. The van der Waals surface area contributed by atoms with E-state index in [4.69, 9.17) is 5.73 Å². The van der Waals surface area contributed by atoms with Crippen molar-refractivity contribution in [2.45, 2.75) is 16.1 Å². The average Bonchev–Trinajstić information content (AvgIpc) is 2.85. The molecule has 1 amide bonds. The molecule has 0 saturated heterocycles. The number of nitrogens with zero attached hydrogens (tertiary/aromatic N) is 1. The van der Waals surface area contributed by atoms with E-state index in [0.717, 1.165) is 27.7 Å². The quantitative estimate of drug-likeness (QED) is 0.877. The van der Waals surface area contributed by atoms with Gasteiger partial charge >= 0.3 is 6.18 Å². The Morgan fingerprint density at radius 1 is 1.40 bits per heavy atom. The highest BCUT2D eigenvalue weighted by molar-refractivity contribution is 8.00. The number of hydrogen-bond acceptors (Lipinski definition) is 4. The number of rotatable bonds is 4. The van der Waals surface area contributed by atoms with Crippen molar-refractivity contribution in [3.05, 3.63) is 46.6 Å². The normalized spacial score (nSPS) is 11.6. The van der Waals surface area contributed by atoms with Crippen LogP contribution >= 0.6 is 23.1 Å². The van der Waals surface area contributed by atoms with Crippen molar-refractivity contribution < 1.29 is 18.0 Å². The van der Waals surface area contributed by atoms with Crippen LogP contribution in [0, 0.1) is 0 Å². The summed E-state index contributed by atoms with van der Waals surface area (Å²) in [6.45, 7) is 0. The van der Waals surface area contributed by atoms with Gasteiger partial charge in [0.15, 0.2) is 5.01 Å². The maximum absolute atomic E-state index is 12.6. The van der Waals surface area contributed by atoms with E-state index in [1.54, 1.807) is 6.07 Å². The molecule has 0 fully saturated rings. The molecule has 2 N–H and O–H groups in total. The van der Waals surface area contributed by atoms with Crippen LogP contribution in [0.2, 0.25) is 0 Å². The van der Waals surface area contributed by atoms with Crippen LogP contribution in [0.3, 0.4) is 0 Å². The maximum atomic E-state index is 12.6. The molecule has 0 unspecified atom stereocenters. The minimum atomic E-state index is -4.34. The molecule has 0 atom stereocenters. The van der Waals surface area contributed by atoms with Gasteiger partial charge < -0.3 is 5.73 Å². The predicted molar refractivity (Wildman–Crippen MR) is 71.6 cm³/mol. The largest absolute Gasteiger partial charge is 0.416 e. The molecule has 1 aromatic carbocycles. The van der Waals surface area contributed by atoms with Gasteiger partial charge in [-0.15, -0.1) is 23.1 Å². The van der Waals surface area contributed by atoms with Crippen molar-refractivity contribution in [2.24, 2.45) is 5.73 Å². The minimum Gasteiger partial charge on any atom is -0.364 e. The smallest absolute Gasteiger partial charge is 0.364 e. The second-order valence-electron chi connectivity index (χ2n) is 3.84. The number of amides is 1. The summed E-state index contributed by atoms with van der Waals surface area (Å²) in [5.74, 6) is -0.245. The molecule has 0 aliphatic carbocycles. The number of nitrogens with two attached hydrogens (primary N) is 1. The average molecular weight is 318 g/mol. The number of halogens is 3. The standard InChI is InChI=1S/C12H9F3N2OS2/c13-12(14,15)8-3-1-2-7(4-8)6-19-9-5-17-11(20-9)10(16)18/h1-5H,6H2,(H2,16,18). The van der Waals surface area contributed by atoms with E-state index in [1.165, 1.54) is 24.0 Å². The first-order chi connectivity index (χ1) is 9.36. The third kappa shape index (κ3) is 3.73. The van der Waals surface area contributed by atoms with E-state index in [2.05, 4.69) is 4.98 Å². The minimum absolute atomic E-state index is 0.191. The van der Waals surface area contributed by atoms with E-state index in [-0.39, 0.29) is 5.01 Å². The summed E-state index contributed by atoms with van der Waals surface area (Å²) in [4.78, 5) is 14.7. The first kappa shape index (κ1) is 14.9. The highest BCUT2D eigenvalue weighted by Gasteiger charge is 2.30. The van der Waals surface area contributed by atoms with Gasteiger partial charge in [0, 0.05) is 5.75 Å². The van der Waals surface area contributed by atoms with Gasteiger partial charge in [-0.3, -0.25) is 4.79 Å². The van der Waals surface area contributed by atoms with Crippen molar-refractivity contribution in [1.82, 2.24) is 4.98 Å². The van der Waals surface area contributed by atoms with Crippen molar-refractivity contribution in [2.75, 3.05) is 0 Å². The van der Waals surface area contributed by atoms with Crippen LogP contribution in [-0.2, 0) is 11.9 Å². The summed E-state index contributed by atoms with van der Waals surface area (Å²) < 4.78 is 38.4. The molecule has 2 aromatic rings. The lowest BCUT2D eigenvalue weighted by Crippen LogP contribution is -2.09. The Bertz CT molecular complexity index is 625. The Morgan fingerprint density at radius 3 is 2.75 bits per heavy atom. The highest BCUT2D eigenvalue weighted by Crippen LogP contribution is 2.32. The number of primary amides is 1. The maximum Gasteiger partial charge on any atom is 0.416 e. The van der Waals surface area contributed by atoms with Gasteiger partial charge in [-0.1, -0.05) is 18.2 Å². The Hall–Kier alpha value is -1.54. The van der Waals surface area contributed by atoms with Gasteiger partial charge in [-0.25, -0.2) is 4.98 Å². The van der Waals surface area contributed by atoms with Crippen LogP contribution in [0.15, 0.2) is 34.7 Å². The second-order valence-corrected chi connectivity index (χ2v) is 6.14. The SMILES string of the molecule is NC(=O)c1ncc(SCc2cccc(C(F)(F)F)c2)s1. The zero-order valence-electron chi connectivity index (χ0n) is 9.98. The van der Waals surface area contributed by atoms with Crippen LogP contribution in [-0.4, -0.2) is 10.9 Å². The van der Waals surface area contributed by atoms with E-state index in [0.29, 0.717) is 11.3 Å². The lowest BCUT2D eigenvalue weighted by Gasteiger charge is -2.08. The predicted octanol–water partition coefficient (Wildman–Crippen LogP) is 3.55. The van der Waals surface area contributed by atoms with E-state index < -0.39 is 17.6 Å². The van der Waals surface area contributed by atoms with Crippen molar-refractivity contribution >= 4 is 29.0 Å². The molecule has 1 heterocycles. The van der Waals surface area contributed by atoms with Gasteiger partial charge in [0.05, 0.1) is 16.0 Å². The molecule has 2 rings (SSSR count). The molecule has 0 saturated carbocycles. The molecule has 0 radical (unpaired) electrons. The molecule has 0 spiro atoms. The summed E-state index contributed by atoms with van der Waals surface area (Å²) in [7, 11) is 0. The van der Waals surface area contributed by atoms with Gasteiger partial charge in [0.25, 0.3) is 5.91 Å². The van der Waals surface area contributed by atoms with Gasteiger partial charge in [-0.05, 0) is 11.6 Å². The van der Waals surface area contributed by atoms with E-state index in [9.17, 15) is 18.0 Å². The number of hydrogen-bond donors (Lipinski definition) is 1. The number of carbonyl (C=O) groups excluding carboxylic acids is 1. The fraction of sp³-hybridized carbons (Fsp3) is 0.167. The summed E-state index contributed by atoms with van der Waals surface area (Å²) in [6.07, 6.45) is -2.85. The van der Waals surface area contributed by atoms with Crippen LogP contribution in [0.4, 0.5) is 13.2 Å². The number of aromatic nitrogens is 1. The molecule has 1 aromatic heterocycles. The number of thioether (sulfide) groups is 1. The number of thiazole rings is 1. The molecular formula is C12H9F3N2OS2. The number of alkyl halides is 3. The van der Waals surface area contributed by atoms with Crippen LogP contribution < -0.4 is 5.73 Å². The molecule has 8 heteroatoms. The van der Waals surface area contributed by atoms with Crippen molar-refractivity contribution in [3.8, 4) is 0 Å². The molecular weight excluding hydrogens is 309 g/mol. The van der Waals surface area contributed by atoms with Gasteiger partial charge in [0.2, 0.25) is 0 Å². The molecule has 0 bridgehead atoms.